The van der Waals surface area contributed by atoms with E-state index >= 15 is 0 Å². The van der Waals surface area contributed by atoms with Gasteiger partial charge in [0.05, 0.1) is 18.6 Å². The maximum absolute atomic E-state index is 4.46. The molecule has 0 saturated heterocycles. The molecule has 0 saturated carbocycles. The van der Waals surface area contributed by atoms with Crippen molar-refractivity contribution >= 4 is 29.1 Å². The zero-order valence-electron chi connectivity index (χ0n) is 10.5. The molecule has 0 bridgehead atoms. The van der Waals surface area contributed by atoms with E-state index in [2.05, 4.69) is 52.3 Å². The molecule has 2 heterocycles. The summed E-state index contributed by atoms with van der Waals surface area (Å²) in [5.41, 5.74) is 2.76. The molecule has 0 fully saturated rings. The summed E-state index contributed by atoms with van der Waals surface area (Å²) in [6.45, 7) is 4.96. The van der Waals surface area contributed by atoms with Crippen LogP contribution in [0.5, 0.6) is 0 Å². The lowest BCUT2D eigenvalue weighted by atomic mass is 10.1. The number of hydrogen-bond acceptors (Lipinski definition) is 2. The van der Waals surface area contributed by atoms with Gasteiger partial charge in [0, 0.05) is 12.7 Å². The largest absolute Gasteiger partial charge is 0.370 e. The van der Waals surface area contributed by atoms with Gasteiger partial charge in [0.15, 0.2) is 0 Å². The number of para-hydroxylation sites is 1. The van der Waals surface area contributed by atoms with Gasteiger partial charge in [0.1, 0.15) is 5.84 Å². The first kappa shape index (κ1) is 13.0. The Morgan fingerprint density at radius 2 is 2.22 bits per heavy atom. The fourth-order valence-electron chi connectivity index (χ4n) is 2.47. The molecule has 0 atom stereocenters. The highest BCUT2D eigenvalue weighted by Crippen LogP contribution is 2.20. The van der Waals surface area contributed by atoms with E-state index in [1.54, 1.807) is 0 Å². The number of halogens is 1. The summed E-state index contributed by atoms with van der Waals surface area (Å²) >= 11 is 0. The Morgan fingerprint density at radius 1 is 1.33 bits per heavy atom. The van der Waals surface area contributed by atoms with Gasteiger partial charge < -0.3 is 9.88 Å². The molecule has 0 radical (unpaired) electrons. The zero-order valence-corrected chi connectivity index (χ0v) is 11.3. The Balaban J connectivity index is 0.00000120. The number of benzene rings is 1. The minimum atomic E-state index is 0. The Morgan fingerprint density at radius 3 is 2.94 bits per heavy atom. The number of nitrogens with zero attached hydrogens (tertiary/aromatic N) is 2. The summed E-state index contributed by atoms with van der Waals surface area (Å²) in [4.78, 5) is 4.46. The highest BCUT2D eigenvalue weighted by Gasteiger charge is 2.09. The molecule has 1 aliphatic rings. The van der Waals surface area contributed by atoms with Crippen LogP contribution in [0, 0.1) is 0 Å². The minimum absolute atomic E-state index is 0. The lowest BCUT2D eigenvalue weighted by Crippen LogP contribution is -2.23. The third-order valence-corrected chi connectivity index (χ3v) is 3.32. The van der Waals surface area contributed by atoms with Crippen LogP contribution in [0.3, 0.4) is 0 Å². The second-order valence-electron chi connectivity index (χ2n) is 4.41. The van der Waals surface area contributed by atoms with E-state index in [0.29, 0.717) is 0 Å². The maximum Gasteiger partial charge on any atom is 0.117 e. The standard InChI is InChI=1S/C14H17N3.ClH/c1-2-11-4-3-5-12-6-9-17(14(11)12)10-13-15-7-8-16-13;/h3-6,9H,2,7-8,10H2,1H3,(H,15,16);1H. The molecule has 1 N–H and O–H groups in total. The predicted molar refractivity (Wildman–Crippen MR) is 78.9 cm³/mol. The molecule has 4 heteroatoms. The van der Waals surface area contributed by atoms with Crippen LogP contribution in [0.1, 0.15) is 12.5 Å². The fourth-order valence-corrected chi connectivity index (χ4v) is 2.47. The zero-order chi connectivity index (χ0) is 11.7. The Labute approximate surface area is 113 Å². The minimum Gasteiger partial charge on any atom is -0.370 e. The third-order valence-electron chi connectivity index (χ3n) is 3.32. The van der Waals surface area contributed by atoms with E-state index in [1.807, 2.05) is 0 Å². The molecule has 1 aliphatic heterocycles. The Bertz CT molecular complexity index is 571. The summed E-state index contributed by atoms with van der Waals surface area (Å²) in [6, 6.07) is 8.71. The van der Waals surface area contributed by atoms with Crippen molar-refractivity contribution in [3.63, 3.8) is 0 Å². The molecule has 0 aliphatic carbocycles. The van der Waals surface area contributed by atoms with Crippen LogP contribution in [0.4, 0.5) is 0 Å². The summed E-state index contributed by atoms with van der Waals surface area (Å²) < 4.78 is 2.30. The van der Waals surface area contributed by atoms with Crippen molar-refractivity contribution in [1.82, 2.24) is 9.88 Å². The Kier molecular flexibility index (Phi) is 3.92. The van der Waals surface area contributed by atoms with Crippen LogP contribution in [0.15, 0.2) is 35.5 Å². The Hall–Kier alpha value is -1.48. The topological polar surface area (TPSA) is 29.3 Å². The van der Waals surface area contributed by atoms with Gasteiger partial charge in [-0.05, 0) is 23.4 Å². The molecule has 0 spiro atoms. The van der Waals surface area contributed by atoms with Crippen molar-refractivity contribution < 1.29 is 0 Å². The number of nitrogens with one attached hydrogen (secondary N) is 1. The lowest BCUT2D eigenvalue weighted by Gasteiger charge is -2.09. The van der Waals surface area contributed by atoms with Crippen molar-refractivity contribution in [3.8, 4) is 0 Å². The van der Waals surface area contributed by atoms with Crippen molar-refractivity contribution in [2.24, 2.45) is 4.99 Å². The summed E-state index contributed by atoms with van der Waals surface area (Å²) in [6.07, 6.45) is 3.23. The second kappa shape index (κ2) is 5.44. The molecule has 18 heavy (non-hydrogen) atoms. The number of aliphatic imine (C=N–C) groups is 1. The van der Waals surface area contributed by atoms with E-state index in [1.165, 1.54) is 16.5 Å². The average molecular weight is 264 g/mol. The van der Waals surface area contributed by atoms with Crippen molar-refractivity contribution in [2.45, 2.75) is 19.9 Å². The number of aryl methyl sites for hydroxylation is 1. The molecule has 1 aromatic carbocycles. The molecular weight excluding hydrogens is 246 g/mol. The molecule has 2 aromatic rings. The average Bonchev–Trinajstić information content (AvgIpc) is 2.99. The quantitative estimate of drug-likeness (QED) is 0.906. The number of hydrogen-bond donors (Lipinski definition) is 1. The molecule has 96 valence electrons. The van der Waals surface area contributed by atoms with Crippen molar-refractivity contribution in [1.29, 1.82) is 0 Å². The molecule has 3 rings (SSSR count). The van der Waals surface area contributed by atoms with E-state index in [4.69, 9.17) is 0 Å². The second-order valence-corrected chi connectivity index (χ2v) is 4.41. The lowest BCUT2D eigenvalue weighted by molar-refractivity contribution is 0.857. The third kappa shape index (κ3) is 2.23. The van der Waals surface area contributed by atoms with Gasteiger partial charge in [-0.3, -0.25) is 4.99 Å². The summed E-state index contributed by atoms with van der Waals surface area (Å²) in [5, 5.41) is 4.65. The van der Waals surface area contributed by atoms with Crippen molar-refractivity contribution in [3.05, 3.63) is 36.0 Å². The highest BCUT2D eigenvalue weighted by atomic mass is 35.5. The first-order chi connectivity index (χ1) is 8.38. The smallest absolute Gasteiger partial charge is 0.117 e. The predicted octanol–water partition coefficient (Wildman–Crippen LogP) is 2.63. The van der Waals surface area contributed by atoms with E-state index in [-0.39, 0.29) is 12.4 Å². The van der Waals surface area contributed by atoms with Crippen LogP contribution in [0.25, 0.3) is 10.9 Å². The van der Waals surface area contributed by atoms with Crippen LogP contribution < -0.4 is 5.32 Å². The van der Waals surface area contributed by atoms with Gasteiger partial charge in [-0.25, -0.2) is 0 Å². The SMILES string of the molecule is CCc1cccc2ccn(CC3=NCCN3)c12.Cl. The van der Waals surface area contributed by atoms with Gasteiger partial charge >= 0.3 is 0 Å². The van der Waals surface area contributed by atoms with Crippen molar-refractivity contribution in [2.75, 3.05) is 13.1 Å². The van der Waals surface area contributed by atoms with E-state index in [9.17, 15) is 0 Å². The number of amidine groups is 1. The van der Waals surface area contributed by atoms with Crippen LogP contribution in [0.2, 0.25) is 0 Å². The first-order valence-electron chi connectivity index (χ1n) is 6.22. The van der Waals surface area contributed by atoms with Crippen LogP contribution >= 0.6 is 12.4 Å². The highest BCUT2D eigenvalue weighted by molar-refractivity contribution is 5.88. The van der Waals surface area contributed by atoms with E-state index in [0.717, 1.165) is 31.9 Å². The maximum atomic E-state index is 4.46. The number of aromatic nitrogens is 1. The molecule has 0 amide bonds. The van der Waals surface area contributed by atoms with Crippen LogP contribution in [-0.2, 0) is 13.0 Å². The fraction of sp³-hybridized carbons (Fsp3) is 0.357. The molecule has 0 unspecified atom stereocenters. The molecule has 1 aromatic heterocycles. The van der Waals surface area contributed by atoms with Gasteiger partial charge in [0.2, 0.25) is 0 Å². The summed E-state index contributed by atoms with van der Waals surface area (Å²) in [5.74, 6) is 1.11. The van der Waals surface area contributed by atoms with Gasteiger partial charge in [-0.2, -0.15) is 0 Å². The monoisotopic (exact) mass is 263 g/mol. The van der Waals surface area contributed by atoms with Gasteiger partial charge in [-0.1, -0.05) is 25.1 Å². The summed E-state index contributed by atoms with van der Waals surface area (Å²) in [7, 11) is 0. The van der Waals surface area contributed by atoms with Gasteiger partial charge in [-0.15, -0.1) is 12.4 Å². The number of fused-ring (bicyclic) bond motifs is 1. The van der Waals surface area contributed by atoms with E-state index < -0.39 is 0 Å². The molecule has 3 nitrogen and oxygen atoms in total. The van der Waals surface area contributed by atoms with Gasteiger partial charge in [0.25, 0.3) is 0 Å². The number of rotatable bonds is 3. The normalized spacial score (nSPS) is 14.2. The molecular formula is C14H18ClN3. The van der Waals surface area contributed by atoms with Crippen LogP contribution in [-0.4, -0.2) is 23.5 Å². The first-order valence-corrected chi connectivity index (χ1v) is 6.22.